The summed E-state index contributed by atoms with van der Waals surface area (Å²) in [6.45, 7) is 9.21. The molecule has 1 atom stereocenters. The largest absolute Gasteiger partial charge is 0.378 e. The molecule has 14 heavy (non-hydrogen) atoms. The Labute approximate surface area is 86.4 Å². The van der Waals surface area contributed by atoms with Crippen molar-refractivity contribution < 1.29 is 9.47 Å². The van der Waals surface area contributed by atoms with Crippen LogP contribution in [0.5, 0.6) is 0 Å². The lowest BCUT2D eigenvalue weighted by Gasteiger charge is -2.48. The maximum absolute atomic E-state index is 6.01. The Kier molecular flexibility index (Phi) is 3.10. The van der Waals surface area contributed by atoms with Crippen LogP contribution in [-0.4, -0.2) is 49.5 Å². The van der Waals surface area contributed by atoms with Gasteiger partial charge in [-0.2, -0.15) is 0 Å². The molecule has 3 nitrogen and oxygen atoms in total. The van der Waals surface area contributed by atoms with E-state index in [0.29, 0.717) is 6.04 Å². The monoisotopic (exact) mass is 199 g/mol. The summed E-state index contributed by atoms with van der Waals surface area (Å²) in [6, 6.07) is 0.509. The standard InChI is InChI=1S/C11H21NO2/c1-3-11(4-2)9-12-5-6-13-7-10(12)8-14-11/h10H,3-9H2,1-2H3. The third-order valence-corrected chi connectivity index (χ3v) is 3.71. The van der Waals surface area contributed by atoms with Crippen LogP contribution in [0.3, 0.4) is 0 Å². The van der Waals surface area contributed by atoms with Gasteiger partial charge < -0.3 is 9.47 Å². The fourth-order valence-electron chi connectivity index (χ4n) is 2.42. The topological polar surface area (TPSA) is 21.7 Å². The van der Waals surface area contributed by atoms with E-state index in [4.69, 9.17) is 9.47 Å². The summed E-state index contributed by atoms with van der Waals surface area (Å²) >= 11 is 0. The minimum Gasteiger partial charge on any atom is -0.378 e. The Morgan fingerprint density at radius 3 is 2.79 bits per heavy atom. The Hall–Kier alpha value is -0.120. The lowest BCUT2D eigenvalue weighted by molar-refractivity contribution is -0.168. The summed E-state index contributed by atoms with van der Waals surface area (Å²) < 4.78 is 11.5. The van der Waals surface area contributed by atoms with Crippen molar-refractivity contribution in [1.29, 1.82) is 0 Å². The van der Waals surface area contributed by atoms with E-state index in [-0.39, 0.29) is 5.60 Å². The molecule has 2 aliphatic heterocycles. The maximum Gasteiger partial charge on any atom is 0.0804 e. The quantitative estimate of drug-likeness (QED) is 0.668. The minimum atomic E-state index is 0.119. The van der Waals surface area contributed by atoms with Gasteiger partial charge >= 0.3 is 0 Å². The highest BCUT2D eigenvalue weighted by molar-refractivity contribution is 4.91. The number of morpholine rings is 2. The molecular weight excluding hydrogens is 178 g/mol. The van der Waals surface area contributed by atoms with Crippen LogP contribution < -0.4 is 0 Å². The van der Waals surface area contributed by atoms with Gasteiger partial charge in [-0.15, -0.1) is 0 Å². The first kappa shape index (κ1) is 10.4. The number of fused-ring (bicyclic) bond motifs is 1. The molecule has 2 rings (SSSR count). The molecule has 2 saturated heterocycles. The van der Waals surface area contributed by atoms with E-state index in [1.54, 1.807) is 0 Å². The molecule has 0 aliphatic carbocycles. The van der Waals surface area contributed by atoms with Gasteiger partial charge in [-0.3, -0.25) is 4.90 Å². The Bertz CT molecular complexity index is 192. The molecule has 0 amide bonds. The molecule has 0 radical (unpaired) electrons. The van der Waals surface area contributed by atoms with Gasteiger partial charge in [0.25, 0.3) is 0 Å². The van der Waals surface area contributed by atoms with Gasteiger partial charge in [0.15, 0.2) is 0 Å². The van der Waals surface area contributed by atoms with E-state index in [1.807, 2.05) is 0 Å². The highest BCUT2D eigenvalue weighted by Gasteiger charge is 2.39. The Balaban J connectivity index is 2.01. The summed E-state index contributed by atoms with van der Waals surface area (Å²) in [6.07, 6.45) is 2.24. The van der Waals surface area contributed by atoms with Gasteiger partial charge in [0.1, 0.15) is 0 Å². The van der Waals surface area contributed by atoms with E-state index < -0.39 is 0 Å². The van der Waals surface area contributed by atoms with Crippen LogP contribution in [0.15, 0.2) is 0 Å². The zero-order chi connectivity index (χ0) is 10.0. The number of hydrogen-bond donors (Lipinski definition) is 0. The maximum atomic E-state index is 6.01. The van der Waals surface area contributed by atoms with Crippen LogP contribution in [0.1, 0.15) is 26.7 Å². The van der Waals surface area contributed by atoms with Crippen molar-refractivity contribution in [2.45, 2.75) is 38.3 Å². The fraction of sp³-hybridized carbons (Fsp3) is 1.00. The van der Waals surface area contributed by atoms with Crippen molar-refractivity contribution in [2.24, 2.45) is 0 Å². The molecule has 0 bridgehead atoms. The number of ether oxygens (including phenoxy) is 2. The smallest absolute Gasteiger partial charge is 0.0804 e. The molecule has 1 unspecified atom stereocenters. The van der Waals surface area contributed by atoms with Gasteiger partial charge in [-0.1, -0.05) is 13.8 Å². The molecule has 0 aromatic heterocycles. The fourth-order valence-corrected chi connectivity index (χ4v) is 2.42. The lowest BCUT2D eigenvalue weighted by Crippen LogP contribution is -2.60. The van der Waals surface area contributed by atoms with Crippen LogP contribution in [0.4, 0.5) is 0 Å². The van der Waals surface area contributed by atoms with Crippen LogP contribution in [0, 0.1) is 0 Å². The van der Waals surface area contributed by atoms with Gasteiger partial charge in [0, 0.05) is 13.1 Å². The van der Waals surface area contributed by atoms with Crippen molar-refractivity contribution in [3.63, 3.8) is 0 Å². The zero-order valence-corrected chi connectivity index (χ0v) is 9.29. The van der Waals surface area contributed by atoms with Gasteiger partial charge in [-0.05, 0) is 12.8 Å². The first-order chi connectivity index (χ1) is 6.79. The first-order valence-corrected chi connectivity index (χ1v) is 5.75. The van der Waals surface area contributed by atoms with E-state index in [2.05, 4.69) is 18.7 Å². The second-order valence-corrected chi connectivity index (χ2v) is 4.40. The van der Waals surface area contributed by atoms with Crippen molar-refractivity contribution >= 4 is 0 Å². The van der Waals surface area contributed by atoms with E-state index in [1.165, 1.54) is 0 Å². The van der Waals surface area contributed by atoms with Crippen molar-refractivity contribution in [1.82, 2.24) is 4.90 Å². The SMILES string of the molecule is CCC1(CC)CN2CCOCC2CO1. The van der Waals surface area contributed by atoms with Crippen molar-refractivity contribution in [3.05, 3.63) is 0 Å². The second kappa shape index (κ2) is 4.17. The average Bonchev–Trinajstić information content (AvgIpc) is 2.28. The van der Waals surface area contributed by atoms with Crippen molar-refractivity contribution in [3.8, 4) is 0 Å². The molecule has 2 heterocycles. The van der Waals surface area contributed by atoms with E-state index in [0.717, 1.165) is 45.8 Å². The summed E-state index contributed by atoms with van der Waals surface area (Å²) in [4.78, 5) is 2.54. The molecule has 0 saturated carbocycles. The van der Waals surface area contributed by atoms with Crippen LogP contribution in [-0.2, 0) is 9.47 Å². The molecule has 0 N–H and O–H groups in total. The molecule has 3 heteroatoms. The van der Waals surface area contributed by atoms with E-state index >= 15 is 0 Å². The Morgan fingerprint density at radius 1 is 1.29 bits per heavy atom. The summed E-state index contributed by atoms with van der Waals surface area (Å²) in [7, 11) is 0. The summed E-state index contributed by atoms with van der Waals surface area (Å²) in [5.74, 6) is 0. The number of nitrogens with zero attached hydrogens (tertiary/aromatic N) is 1. The molecular formula is C11H21NO2. The summed E-state index contributed by atoms with van der Waals surface area (Å²) in [5, 5.41) is 0. The highest BCUT2D eigenvalue weighted by atomic mass is 16.5. The second-order valence-electron chi connectivity index (χ2n) is 4.40. The summed E-state index contributed by atoms with van der Waals surface area (Å²) in [5.41, 5.74) is 0.119. The first-order valence-electron chi connectivity index (χ1n) is 5.75. The molecule has 0 aromatic carbocycles. The molecule has 2 fully saturated rings. The normalized spacial score (nSPS) is 32.6. The predicted molar refractivity (Wildman–Crippen MR) is 55.4 cm³/mol. The van der Waals surface area contributed by atoms with Gasteiger partial charge in [0.05, 0.1) is 31.5 Å². The third kappa shape index (κ3) is 1.81. The molecule has 82 valence electrons. The molecule has 0 aromatic rings. The predicted octanol–water partition coefficient (Wildman–Crippen LogP) is 1.28. The average molecular weight is 199 g/mol. The Morgan fingerprint density at radius 2 is 2.07 bits per heavy atom. The van der Waals surface area contributed by atoms with Crippen LogP contribution in [0.25, 0.3) is 0 Å². The van der Waals surface area contributed by atoms with Gasteiger partial charge in [0.2, 0.25) is 0 Å². The van der Waals surface area contributed by atoms with Crippen LogP contribution >= 0.6 is 0 Å². The zero-order valence-electron chi connectivity index (χ0n) is 9.29. The van der Waals surface area contributed by atoms with Crippen molar-refractivity contribution in [2.75, 3.05) is 32.9 Å². The lowest BCUT2D eigenvalue weighted by atomic mass is 9.93. The third-order valence-electron chi connectivity index (χ3n) is 3.71. The molecule has 2 aliphatic rings. The number of rotatable bonds is 2. The van der Waals surface area contributed by atoms with E-state index in [9.17, 15) is 0 Å². The molecule has 0 spiro atoms. The number of hydrogen-bond acceptors (Lipinski definition) is 3. The van der Waals surface area contributed by atoms with Gasteiger partial charge in [-0.25, -0.2) is 0 Å². The highest BCUT2D eigenvalue weighted by Crippen LogP contribution is 2.28. The minimum absolute atomic E-state index is 0.119. The van der Waals surface area contributed by atoms with Crippen LogP contribution in [0.2, 0.25) is 0 Å².